The number of nitriles is 1. The largest absolute Gasteiger partial charge is 0.509 e. The van der Waals surface area contributed by atoms with Crippen molar-refractivity contribution < 1.29 is 5.11 Å². The van der Waals surface area contributed by atoms with Gasteiger partial charge in [0.05, 0.1) is 11.3 Å². The van der Waals surface area contributed by atoms with Gasteiger partial charge >= 0.3 is 0 Å². The summed E-state index contributed by atoms with van der Waals surface area (Å²) in [4.78, 5) is 16.6. The van der Waals surface area contributed by atoms with Gasteiger partial charge < -0.3 is 26.8 Å². The first kappa shape index (κ1) is 18.8. The molecule has 2 aliphatic carbocycles. The van der Waals surface area contributed by atoms with Crippen molar-refractivity contribution >= 4 is 28.1 Å². The van der Waals surface area contributed by atoms with E-state index in [4.69, 9.17) is 11.5 Å². The second kappa shape index (κ2) is 6.97. The molecule has 3 aliphatic rings. The number of aromatic nitrogens is 2. The Morgan fingerprint density at radius 1 is 1.40 bits per heavy atom. The molecule has 30 heavy (non-hydrogen) atoms. The zero-order valence-corrected chi connectivity index (χ0v) is 17.2. The van der Waals surface area contributed by atoms with Crippen molar-refractivity contribution in [3.05, 3.63) is 45.4 Å². The topological polar surface area (TPSA) is 149 Å². The van der Waals surface area contributed by atoms with E-state index < -0.39 is 5.41 Å². The highest BCUT2D eigenvalue weighted by Gasteiger charge is 2.60. The molecule has 0 saturated carbocycles. The number of nitrogen functional groups attached to an aromatic ring is 1. The van der Waals surface area contributed by atoms with E-state index in [0.717, 1.165) is 49.5 Å². The van der Waals surface area contributed by atoms with Crippen LogP contribution in [0.1, 0.15) is 34.5 Å². The van der Waals surface area contributed by atoms with Crippen molar-refractivity contribution in [1.82, 2.24) is 15.3 Å². The molecule has 1 aliphatic heterocycles. The zero-order valence-electron chi connectivity index (χ0n) is 16.4. The number of allylic oxidation sites excluding steroid dienone is 2. The predicted molar refractivity (Wildman–Crippen MR) is 116 cm³/mol. The van der Waals surface area contributed by atoms with Crippen LogP contribution in [0.3, 0.4) is 0 Å². The maximum absolute atomic E-state index is 10.8. The van der Waals surface area contributed by atoms with Crippen LogP contribution in [-0.4, -0.2) is 47.1 Å². The Kier molecular flexibility index (Phi) is 4.38. The van der Waals surface area contributed by atoms with Gasteiger partial charge in [0.15, 0.2) is 0 Å². The van der Waals surface area contributed by atoms with E-state index in [1.165, 1.54) is 11.3 Å². The Hall–Kier alpha value is -3.16. The average molecular weight is 423 g/mol. The van der Waals surface area contributed by atoms with Gasteiger partial charge in [-0.25, -0.2) is 15.0 Å². The van der Waals surface area contributed by atoms with Crippen molar-refractivity contribution in [1.29, 1.82) is 5.26 Å². The lowest BCUT2D eigenvalue weighted by Gasteiger charge is -2.27. The minimum absolute atomic E-state index is 0.178. The molecule has 5 rings (SSSR count). The first-order valence-electron chi connectivity index (χ1n) is 9.95. The second-order valence-corrected chi connectivity index (χ2v) is 8.82. The maximum Gasteiger partial charge on any atom is 0.226 e. The van der Waals surface area contributed by atoms with Gasteiger partial charge in [-0.15, -0.1) is 11.3 Å². The highest BCUT2D eigenvalue weighted by molar-refractivity contribution is 7.16. The number of nitrogens with one attached hydrogen (secondary N) is 1. The van der Waals surface area contributed by atoms with E-state index in [2.05, 4.69) is 31.2 Å². The summed E-state index contributed by atoms with van der Waals surface area (Å²) in [5.74, 6) is 1.02. The predicted octanol–water partition coefficient (Wildman–Crippen LogP) is 1.16. The van der Waals surface area contributed by atoms with Crippen LogP contribution in [0, 0.1) is 11.3 Å². The molecule has 1 fully saturated rings. The van der Waals surface area contributed by atoms with Gasteiger partial charge in [0.25, 0.3) is 0 Å². The van der Waals surface area contributed by atoms with Gasteiger partial charge in [0.1, 0.15) is 33.8 Å². The lowest BCUT2D eigenvalue weighted by molar-refractivity contribution is 0.372. The zero-order chi connectivity index (χ0) is 20.9. The van der Waals surface area contributed by atoms with Crippen molar-refractivity contribution in [2.75, 3.05) is 36.8 Å². The van der Waals surface area contributed by atoms with Gasteiger partial charge in [-0.2, -0.15) is 5.26 Å². The number of anilines is 2. The van der Waals surface area contributed by atoms with E-state index in [9.17, 15) is 10.4 Å². The summed E-state index contributed by atoms with van der Waals surface area (Å²) < 4.78 is 0. The fourth-order valence-corrected chi connectivity index (χ4v) is 5.61. The van der Waals surface area contributed by atoms with Crippen LogP contribution in [0.2, 0.25) is 0 Å². The SMILES string of the molecule is N#Cc1c(N)sc2c1C1(CCC2)C(O)=C1N=C(N)c1ccnc(N2CCNCC2)n1. The molecule has 2 aromatic heterocycles. The number of hydrogen-bond acceptors (Lipinski definition) is 9. The van der Waals surface area contributed by atoms with Crippen LogP contribution < -0.4 is 21.7 Å². The number of nitrogens with zero attached hydrogens (tertiary/aromatic N) is 5. The molecule has 10 heteroatoms. The van der Waals surface area contributed by atoms with Gasteiger partial charge in [0, 0.05) is 42.8 Å². The number of thiophene rings is 1. The van der Waals surface area contributed by atoms with Gasteiger partial charge in [0.2, 0.25) is 5.95 Å². The fourth-order valence-electron chi connectivity index (χ4n) is 4.47. The first-order valence-corrected chi connectivity index (χ1v) is 10.8. The van der Waals surface area contributed by atoms with Crippen molar-refractivity contribution in [3.63, 3.8) is 0 Å². The number of nitrogens with two attached hydrogens (primary N) is 2. The van der Waals surface area contributed by atoms with Crippen molar-refractivity contribution in [3.8, 4) is 6.07 Å². The Morgan fingerprint density at radius 2 is 2.20 bits per heavy atom. The number of amidine groups is 1. The molecule has 1 spiro atoms. The Bertz CT molecular complexity index is 1120. The molecule has 3 heterocycles. The molecule has 0 radical (unpaired) electrons. The molecular formula is C20H22N8OS. The summed E-state index contributed by atoms with van der Waals surface area (Å²) in [6, 6.07) is 3.92. The molecule has 6 N–H and O–H groups in total. The number of aliphatic hydroxyl groups excluding tert-OH is 1. The third-order valence-electron chi connectivity index (χ3n) is 6.01. The van der Waals surface area contributed by atoms with Crippen molar-refractivity contribution in [2.24, 2.45) is 10.7 Å². The van der Waals surface area contributed by atoms with Gasteiger partial charge in [-0.3, -0.25) is 0 Å². The maximum atomic E-state index is 10.8. The van der Waals surface area contributed by atoms with Crippen LogP contribution in [0.25, 0.3) is 0 Å². The molecule has 1 saturated heterocycles. The summed E-state index contributed by atoms with van der Waals surface area (Å²) in [5.41, 5.74) is 13.9. The third kappa shape index (κ3) is 2.74. The van der Waals surface area contributed by atoms with Gasteiger partial charge in [-0.05, 0) is 25.3 Å². The van der Waals surface area contributed by atoms with E-state index in [0.29, 0.717) is 34.3 Å². The lowest BCUT2D eigenvalue weighted by Crippen LogP contribution is -2.44. The normalized spacial score (nSPS) is 23.4. The number of hydrogen-bond donors (Lipinski definition) is 4. The minimum Gasteiger partial charge on any atom is -0.509 e. The van der Waals surface area contributed by atoms with E-state index >= 15 is 0 Å². The molecule has 0 aromatic carbocycles. The van der Waals surface area contributed by atoms with Crippen LogP contribution in [0.15, 0.2) is 28.7 Å². The number of piperazine rings is 1. The summed E-state index contributed by atoms with van der Waals surface area (Å²) in [5, 5.41) is 24.2. The highest BCUT2D eigenvalue weighted by atomic mass is 32.1. The molecule has 1 unspecified atom stereocenters. The minimum atomic E-state index is -0.730. The Balaban J connectivity index is 1.47. The monoisotopic (exact) mass is 422 g/mol. The smallest absolute Gasteiger partial charge is 0.226 e. The lowest BCUT2D eigenvalue weighted by atomic mass is 9.79. The van der Waals surface area contributed by atoms with E-state index in [-0.39, 0.29) is 11.6 Å². The standard InChI is InChI=1S/C20H22N8OS/c21-10-11-14-13(30-18(11)23)2-1-4-20(14)15(16(20)29)27-17(22)12-3-5-25-19(26-12)28-8-6-24-7-9-28/h3,5,24,29H,1-2,4,6-9,23H2,(H2,22,27). The Labute approximate surface area is 177 Å². The molecular weight excluding hydrogens is 400 g/mol. The van der Waals surface area contributed by atoms with Crippen LogP contribution >= 0.6 is 11.3 Å². The number of aryl methyl sites for hydroxylation is 1. The fraction of sp³-hybridized carbons (Fsp3) is 0.400. The van der Waals surface area contributed by atoms with Crippen molar-refractivity contribution in [2.45, 2.75) is 24.7 Å². The molecule has 0 amide bonds. The Morgan fingerprint density at radius 3 is 2.97 bits per heavy atom. The number of aliphatic hydroxyl groups is 1. The number of aliphatic imine (C=N–C) groups is 1. The number of rotatable bonds is 3. The van der Waals surface area contributed by atoms with Crippen LogP contribution in [-0.2, 0) is 11.8 Å². The first-order chi connectivity index (χ1) is 14.6. The van der Waals surface area contributed by atoms with Crippen LogP contribution in [0.4, 0.5) is 10.9 Å². The summed E-state index contributed by atoms with van der Waals surface area (Å²) in [6.45, 7) is 3.42. The molecule has 2 aromatic rings. The number of fused-ring (bicyclic) bond motifs is 2. The molecule has 0 bridgehead atoms. The van der Waals surface area contributed by atoms with E-state index in [1.807, 2.05) is 0 Å². The molecule has 1 atom stereocenters. The summed E-state index contributed by atoms with van der Waals surface area (Å²) >= 11 is 1.43. The quantitative estimate of drug-likeness (QED) is 0.425. The van der Waals surface area contributed by atoms with Crippen LogP contribution in [0.5, 0.6) is 0 Å². The second-order valence-electron chi connectivity index (χ2n) is 7.68. The third-order valence-corrected chi connectivity index (χ3v) is 7.09. The van der Waals surface area contributed by atoms with E-state index in [1.54, 1.807) is 12.3 Å². The summed E-state index contributed by atoms with van der Waals surface area (Å²) in [7, 11) is 0. The highest BCUT2D eigenvalue weighted by Crippen LogP contribution is 2.62. The molecule has 154 valence electrons. The summed E-state index contributed by atoms with van der Waals surface area (Å²) in [6.07, 6.45) is 4.11. The molecule has 9 nitrogen and oxygen atoms in total. The van der Waals surface area contributed by atoms with Gasteiger partial charge in [-0.1, -0.05) is 0 Å². The average Bonchev–Trinajstić information content (AvgIpc) is 3.14.